The van der Waals surface area contributed by atoms with Gasteiger partial charge in [0.2, 0.25) is 5.91 Å². The molecule has 0 aromatic heterocycles. The van der Waals surface area contributed by atoms with Crippen LogP contribution < -0.4 is 10.6 Å². The fourth-order valence-corrected chi connectivity index (χ4v) is 3.70. The van der Waals surface area contributed by atoms with Gasteiger partial charge in [0.25, 0.3) is 5.91 Å². The summed E-state index contributed by atoms with van der Waals surface area (Å²) in [6.45, 7) is 1.19. The topological polar surface area (TPSA) is 95.6 Å². The minimum absolute atomic E-state index is 0.165. The molecule has 4 rings (SSSR count). The zero-order valence-corrected chi connectivity index (χ0v) is 18.5. The van der Waals surface area contributed by atoms with Gasteiger partial charge >= 0.3 is 6.03 Å². The van der Waals surface area contributed by atoms with Crippen molar-refractivity contribution in [3.8, 4) is 0 Å². The Morgan fingerprint density at radius 3 is 2.18 bits per heavy atom. The number of hydrogen-bond acceptors (Lipinski definition) is 4. The third kappa shape index (κ3) is 4.78. The highest BCUT2D eigenvalue weighted by Gasteiger charge is 2.49. The van der Waals surface area contributed by atoms with E-state index in [0.29, 0.717) is 16.8 Å². The van der Waals surface area contributed by atoms with Crippen molar-refractivity contribution >= 4 is 35.4 Å². The fourth-order valence-electron chi connectivity index (χ4n) is 3.70. The van der Waals surface area contributed by atoms with Crippen LogP contribution in [0, 0.1) is 0 Å². The Hall–Kier alpha value is -4.52. The van der Waals surface area contributed by atoms with Crippen LogP contribution in [-0.4, -0.2) is 35.1 Å². The molecule has 3 aromatic rings. The van der Waals surface area contributed by atoms with E-state index in [0.717, 1.165) is 10.5 Å². The lowest BCUT2D eigenvalue weighted by Gasteiger charge is -2.22. The Balaban J connectivity index is 1.37. The molecule has 0 spiro atoms. The number of carbonyl (C=O) groups is 4. The SMILES string of the molecule is CC1(c2ccccc2)NC(=O)N(CC(=O)Nc2ccc(C(=O)/C=C/c3ccccc3)cc2)C1=O. The van der Waals surface area contributed by atoms with E-state index in [1.807, 2.05) is 36.4 Å². The van der Waals surface area contributed by atoms with Gasteiger partial charge in [-0.1, -0.05) is 66.7 Å². The molecule has 1 atom stereocenters. The summed E-state index contributed by atoms with van der Waals surface area (Å²) in [5, 5.41) is 5.33. The van der Waals surface area contributed by atoms with Crippen molar-refractivity contribution in [1.29, 1.82) is 0 Å². The van der Waals surface area contributed by atoms with Gasteiger partial charge in [0.15, 0.2) is 5.78 Å². The average molecular weight is 453 g/mol. The van der Waals surface area contributed by atoms with Gasteiger partial charge in [-0.05, 0) is 48.4 Å². The van der Waals surface area contributed by atoms with E-state index >= 15 is 0 Å². The Bertz CT molecular complexity index is 1250. The Kier molecular flexibility index (Phi) is 6.36. The van der Waals surface area contributed by atoms with Gasteiger partial charge in [0, 0.05) is 11.3 Å². The molecule has 0 radical (unpaired) electrons. The van der Waals surface area contributed by atoms with Crippen molar-refractivity contribution < 1.29 is 19.2 Å². The smallest absolute Gasteiger partial charge is 0.325 e. The quantitative estimate of drug-likeness (QED) is 0.321. The van der Waals surface area contributed by atoms with Gasteiger partial charge in [-0.2, -0.15) is 0 Å². The second-order valence-electron chi connectivity index (χ2n) is 8.05. The summed E-state index contributed by atoms with van der Waals surface area (Å²) in [5.74, 6) is -1.19. The van der Waals surface area contributed by atoms with E-state index < -0.39 is 29.9 Å². The number of benzene rings is 3. The largest absolute Gasteiger partial charge is 0.325 e. The summed E-state index contributed by atoms with van der Waals surface area (Å²) in [6, 6.07) is 24.1. The standard InChI is InChI=1S/C27H23N3O4/c1-27(21-10-6-3-7-11-21)25(33)30(26(34)29-27)18-24(32)28-22-15-13-20(14-16-22)23(31)17-12-19-8-4-2-5-9-19/h2-17H,18H2,1H3,(H,28,32)(H,29,34)/b17-12+. The fraction of sp³-hybridized carbons (Fsp3) is 0.111. The van der Waals surface area contributed by atoms with Crippen LogP contribution in [-0.2, 0) is 15.1 Å². The van der Waals surface area contributed by atoms with Gasteiger partial charge < -0.3 is 10.6 Å². The monoisotopic (exact) mass is 453 g/mol. The molecule has 1 unspecified atom stereocenters. The summed E-state index contributed by atoms with van der Waals surface area (Å²) in [5.41, 5.74) is 1.25. The van der Waals surface area contributed by atoms with E-state index in [4.69, 9.17) is 0 Å². The van der Waals surface area contributed by atoms with Crippen LogP contribution in [0.25, 0.3) is 6.08 Å². The lowest BCUT2D eigenvalue weighted by molar-refractivity contribution is -0.133. The molecule has 7 heteroatoms. The number of anilines is 1. The molecule has 1 fully saturated rings. The average Bonchev–Trinajstić information content (AvgIpc) is 3.08. The molecule has 7 nitrogen and oxygen atoms in total. The van der Waals surface area contributed by atoms with Crippen LogP contribution in [0.5, 0.6) is 0 Å². The van der Waals surface area contributed by atoms with E-state index in [1.54, 1.807) is 61.5 Å². The van der Waals surface area contributed by atoms with E-state index in [-0.39, 0.29) is 5.78 Å². The van der Waals surface area contributed by atoms with Gasteiger partial charge in [-0.25, -0.2) is 4.79 Å². The molecule has 3 aromatic carbocycles. The minimum Gasteiger partial charge on any atom is -0.325 e. The Morgan fingerprint density at radius 2 is 1.53 bits per heavy atom. The first-order valence-electron chi connectivity index (χ1n) is 10.7. The number of nitrogens with one attached hydrogen (secondary N) is 2. The first-order chi connectivity index (χ1) is 16.4. The molecule has 1 aliphatic heterocycles. The number of ketones is 1. The van der Waals surface area contributed by atoms with Gasteiger partial charge in [-0.3, -0.25) is 19.3 Å². The number of hydrogen-bond donors (Lipinski definition) is 2. The maximum Gasteiger partial charge on any atom is 0.325 e. The summed E-state index contributed by atoms with van der Waals surface area (Å²) in [7, 11) is 0. The molecule has 1 heterocycles. The Labute approximate surface area is 197 Å². The number of amides is 4. The van der Waals surface area contributed by atoms with Gasteiger partial charge in [0.1, 0.15) is 12.1 Å². The molecule has 0 saturated carbocycles. The highest BCUT2D eigenvalue weighted by molar-refractivity contribution is 6.10. The van der Waals surface area contributed by atoms with Crippen molar-refractivity contribution in [2.45, 2.75) is 12.5 Å². The van der Waals surface area contributed by atoms with Crippen LogP contribution in [0.3, 0.4) is 0 Å². The molecular weight excluding hydrogens is 430 g/mol. The second-order valence-corrected chi connectivity index (χ2v) is 8.05. The molecule has 170 valence electrons. The summed E-state index contributed by atoms with van der Waals surface area (Å²) < 4.78 is 0. The molecule has 1 aliphatic rings. The predicted molar refractivity (Wildman–Crippen MR) is 129 cm³/mol. The summed E-state index contributed by atoms with van der Waals surface area (Å²) >= 11 is 0. The number of urea groups is 1. The van der Waals surface area contributed by atoms with Crippen molar-refractivity contribution in [3.63, 3.8) is 0 Å². The second kappa shape index (κ2) is 9.54. The van der Waals surface area contributed by atoms with Crippen LogP contribution in [0.15, 0.2) is 91.0 Å². The molecule has 1 saturated heterocycles. The van der Waals surface area contributed by atoms with Crippen LogP contribution in [0.2, 0.25) is 0 Å². The normalized spacial score (nSPS) is 17.6. The number of nitrogens with zero attached hydrogens (tertiary/aromatic N) is 1. The first kappa shape index (κ1) is 22.7. The third-order valence-electron chi connectivity index (χ3n) is 5.61. The van der Waals surface area contributed by atoms with Crippen LogP contribution in [0.4, 0.5) is 10.5 Å². The number of imide groups is 1. The van der Waals surface area contributed by atoms with Gasteiger partial charge in [-0.15, -0.1) is 0 Å². The van der Waals surface area contributed by atoms with Crippen LogP contribution >= 0.6 is 0 Å². The molecular formula is C27H23N3O4. The highest BCUT2D eigenvalue weighted by Crippen LogP contribution is 2.28. The molecule has 2 N–H and O–H groups in total. The van der Waals surface area contributed by atoms with Crippen molar-refractivity contribution in [2.75, 3.05) is 11.9 Å². The van der Waals surface area contributed by atoms with E-state index in [1.165, 1.54) is 6.08 Å². The Morgan fingerprint density at radius 1 is 0.912 bits per heavy atom. The number of allylic oxidation sites excluding steroid dienone is 1. The zero-order chi connectivity index (χ0) is 24.1. The first-order valence-corrected chi connectivity index (χ1v) is 10.7. The minimum atomic E-state index is -1.23. The molecule has 34 heavy (non-hydrogen) atoms. The van der Waals surface area contributed by atoms with Gasteiger partial charge in [0.05, 0.1) is 0 Å². The van der Waals surface area contributed by atoms with Crippen LogP contribution in [0.1, 0.15) is 28.4 Å². The zero-order valence-electron chi connectivity index (χ0n) is 18.5. The lowest BCUT2D eigenvalue weighted by Crippen LogP contribution is -2.42. The van der Waals surface area contributed by atoms with E-state index in [2.05, 4.69) is 10.6 Å². The number of rotatable bonds is 7. The predicted octanol–water partition coefficient (Wildman–Crippen LogP) is 3.99. The highest BCUT2D eigenvalue weighted by atomic mass is 16.2. The maximum atomic E-state index is 12.9. The third-order valence-corrected chi connectivity index (χ3v) is 5.61. The molecule has 4 amide bonds. The van der Waals surface area contributed by atoms with Crippen molar-refractivity contribution in [1.82, 2.24) is 10.2 Å². The molecule has 0 aliphatic carbocycles. The summed E-state index contributed by atoms with van der Waals surface area (Å²) in [6.07, 6.45) is 3.23. The number of carbonyl (C=O) groups excluding carboxylic acids is 4. The molecule has 0 bridgehead atoms. The lowest BCUT2D eigenvalue weighted by atomic mass is 9.92. The van der Waals surface area contributed by atoms with Crippen molar-refractivity contribution in [2.24, 2.45) is 0 Å². The summed E-state index contributed by atoms with van der Waals surface area (Å²) in [4.78, 5) is 51.1. The van der Waals surface area contributed by atoms with E-state index in [9.17, 15) is 19.2 Å². The van der Waals surface area contributed by atoms with Crippen molar-refractivity contribution in [3.05, 3.63) is 108 Å². The maximum absolute atomic E-state index is 12.9.